The molecule has 1 heterocycles. The Bertz CT molecular complexity index is 525. The van der Waals surface area contributed by atoms with E-state index in [-0.39, 0.29) is 0 Å². The van der Waals surface area contributed by atoms with E-state index in [1.54, 1.807) is 11.1 Å². The lowest BCUT2D eigenvalue weighted by Gasteiger charge is -2.31. The van der Waals surface area contributed by atoms with Crippen LogP contribution in [0.25, 0.3) is 5.57 Å². The van der Waals surface area contributed by atoms with Crippen molar-refractivity contribution in [2.75, 3.05) is 0 Å². The number of hydrogen-bond donors (Lipinski definition) is 0. The predicted molar refractivity (Wildman–Crippen MR) is 73.3 cm³/mol. The Kier molecular flexibility index (Phi) is 2.46. The van der Waals surface area contributed by atoms with Gasteiger partial charge in [-0.15, -0.1) is 0 Å². The first kappa shape index (κ1) is 10.7. The Morgan fingerprint density at radius 1 is 0.778 bits per heavy atom. The standard InChI is InChI=1S/C17H20O/c1-2-6-13-12(5-1)9-10-14-15-7-3-4-8-17(15)18-11-16(13)14/h9-10H,1-8,11H2. The molecule has 0 unspecified atom stereocenters. The van der Waals surface area contributed by atoms with Gasteiger partial charge in [-0.2, -0.15) is 0 Å². The van der Waals surface area contributed by atoms with Crippen LogP contribution in [0.4, 0.5) is 0 Å². The zero-order valence-corrected chi connectivity index (χ0v) is 10.9. The van der Waals surface area contributed by atoms with Crippen LogP contribution in [0, 0.1) is 0 Å². The Labute approximate surface area is 109 Å². The molecule has 1 aromatic rings. The van der Waals surface area contributed by atoms with Crippen LogP contribution in [0.1, 0.15) is 60.8 Å². The fourth-order valence-corrected chi connectivity index (χ4v) is 3.83. The fraction of sp³-hybridized carbons (Fsp3) is 0.529. The van der Waals surface area contributed by atoms with Crippen molar-refractivity contribution in [2.24, 2.45) is 0 Å². The molecule has 0 radical (unpaired) electrons. The van der Waals surface area contributed by atoms with Gasteiger partial charge in [0.1, 0.15) is 12.4 Å². The number of ether oxygens (including phenoxy) is 1. The Morgan fingerprint density at radius 3 is 2.61 bits per heavy atom. The topological polar surface area (TPSA) is 9.23 Å². The Morgan fingerprint density at radius 2 is 1.61 bits per heavy atom. The molecule has 0 amide bonds. The third-order valence-corrected chi connectivity index (χ3v) is 4.78. The van der Waals surface area contributed by atoms with Gasteiger partial charge in [0, 0.05) is 12.0 Å². The summed E-state index contributed by atoms with van der Waals surface area (Å²) in [6.45, 7) is 0.831. The third-order valence-electron chi connectivity index (χ3n) is 4.78. The molecule has 0 bridgehead atoms. The molecular weight excluding hydrogens is 220 g/mol. The summed E-state index contributed by atoms with van der Waals surface area (Å²) in [6, 6.07) is 4.76. The van der Waals surface area contributed by atoms with E-state index in [0.29, 0.717) is 0 Å². The summed E-state index contributed by atoms with van der Waals surface area (Å²) in [7, 11) is 0. The van der Waals surface area contributed by atoms with Crippen LogP contribution in [0.3, 0.4) is 0 Å². The summed E-state index contributed by atoms with van der Waals surface area (Å²) >= 11 is 0. The minimum absolute atomic E-state index is 0.831. The molecule has 1 nitrogen and oxygen atoms in total. The second kappa shape index (κ2) is 4.15. The zero-order chi connectivity index (χ0) is 11.9. The average Bonchev–Trinajstić information content (AvgIpc) is 2.46. The molecule has 0 fully saturated rings. The molecule has 1 aromatic carbocycles. The van der Waals surface area contributed by atoms with E-state index < -0.39 is 0 Å². The molecule has 1 heteroatoms. The third kappa shape index (κ3) is 1.53. The molecule has 94 valence electrons. The quantitative estimate of drug-likeness (QED) is 0.654. The monoisotopic (exact) mass is 240 g/mol. The lowest BCUT2D eigenvalue weighted by molar-refractivity contribution is 0.178. The fourth-order valence-electron chi connectivity index (χ4n) is 3.83. The molecule has 2 aliphatic carbocycles. The average molecular weight is 240 g/mol. The Hall–Kier alpha value is -1.24. The molecule has 4 rings (SSSR count). The van der Waals surface area contributed by atoms with Gasteiger partial charge in [0.15, 0.2) is 0 Å². The summed E-state index contributed by atoms with van der Waals surface area (Å²) < 4.78 is 6.05. The summed E-state index contributed by atoms with van der Waals surface area (Å²) in [4.78, 5) is 0. The van der Waals surface area contributed by atoms with Crippen molar-refractivity contribution >= 4 is 5.57 Å². The van der Waals surface area contributed by atoms with Gasteiger partial charge >= 0.3 is 0 Å². The van der Waals surface area contributed by atoms with Crippen LogP contribution in [0.15, 0.2) is 17.9 Å². The molecule has 18 heavy (non-hydrogen) atoms. The van der Waals surface area contributed by atoms with Gasteiger partial charge in [-0.25, -0.2) is 0 Å². The summed E-state index contributed by atoms with van der Waals surface area (Å²) in [5.41, 5.74) is 7.78. The number of hydrogen-bond acceptors (Lipinski definition) is 1. The van der Waals surface area contributed by atoms with Crippen LogP contribution >= 0.6 is 0 Å². The van der Waals surface area contributed by atoms with E-state index in [1.165, 1.54) is 67.4 Å². The van der Waals surface area contributed by atoms with E-state index in [1.807, 2.05) is 0 Å². The number of aryl methyl sites for hydroxylation is 1. The van der Waals surface area contributed by atoms with Gasteiger partial charge in [-0.05, 0) is 67.2 Å². The first-order valence-corrected chi connectivity index (χ1v) is 7.42. The molecule has 0 N–H and O–H groups in total. The number of allylic oxidation sites excluding steroid dienone is 2. The van der Waals surface area contributed by atoms with Gasteiger partial charge in [-0.1, -0.05) is 12.1 Å². The molecular formula is C17H20O. The minimum Gasteiger partial charge on any atom is -0.493 e. The van der Waals surface area contributed by atoms with E-state index in [4.69, 9.17) is 4.74 Å². The molecule has 0 spiro atoms. The predicted octanol–water partition coefficient (Wildman–Crippen LogP) is 4.38. The second-order valence-electron chi connectivity index (χ2n) is 5.83. The second-order valence-corrected chi connectivity index (χ2v) is 5.83. The van der Waals surface area contributed by atoms with Crippen molar-refractivity contribution in [2.45, 2.75) is 58.0 Å². The van der Waals surface area contributed by atoms with Crippen LogP contribution in [-0.4, -0.2) is 0 Å². The first-order valence-electron chi connectivity index (χ1n) is 7.42. The SMILES string of the molecule is c1cc2c(c3c1CCCC3)COC1=C2CCCC1. The largest absolute Gasteiger partial charge is 0.493 e. The van der Waals surface area contributed by atoms with E-state index >= 15 is 0 Å². The van der Waals surface area contributed by atoms with E-state index in [0.717, 1.165) is 13.0 Å². The maximum Gasteiger partial charge on any atom is 0.114 e. The maximum absolute atomic E-state index is 6.05. The summed E-state index contributed by atoms with van der Waals surface area (Å²) in [5.74, 6) is 1.30. The smallest absolute Gasteiger partial charge is 0.114 e. The van der Waals surface area contributed by atoms with Crippen molar-refractivity contribution in [3.63, 3.8) is 0 Å². The van der Waals surface area contributed by atoms with Gasteiger partial charge in [0.25, 0.3) is 0 Å². The molecule has 0 saturated heterocycles. The van der Waals surface area contributed by atoms with Crippen LogP contribution in [-0.2, 0) is 24.2 Å². The highest BCUT2D eigenvalue weighted by atomic mass is 16.5. The Balaban J connectivity index is 1.87. The number of rotatable bonds is 0. The van der Waals surface area contributed by atoms with Crippen LogP contribution in [0.2, 0.25) is 0 Å². The highest BCUT2D eigenvalue weighted by molar-refractivity contribution is 5.73. The van der Waals surface area contributed by atoms with Crippen LogP contribution in [0.5, 0.6) is 0 Å². The van der Waals surface area contributed by atoms with Crippen LogP contribution < -0.4 is 0 Å². The minimum atomic E-state index is 0.831. The van der Waals surface area contributed by atoms with Crippen molar-refractivity contribution in [3.05, 3.63) is 40.1 Å². The first-order chi connectivity index (χ1) is 8.93. The molecule has 0 atom stereocenters. The van der Waals surface area contributed by atoms with E-state index in [2.05, 4.69) is 12.1 Å². The molecule has 3 aliphatic rings. The van der Waals surface area contributed by atoms with Gasteiger partial charge in [-0.3, -0.25) is 0 Å². The highest BCUT2D eigenvalue weighted by Crippen LogP contribution is 2.41. The maximum atomic E-state index is 6.05. The van der Waals surface area contributed by atoms with Crippen molar-refractivity contribution in [1.82, 2.24) is 0 Å². The highest BCUT2D eigenvalue weighted by Gasteiger charge is 2.26. The van der Waals surface area contributed by atoms with Gasteiger partial charge in [0.05, 0.1) is 0 Å². The van der Waals surface area contributed by atoms with E-state index in [9.17, 15) is 0 Å². The normalized spacial score (nSPS) is 21.8. The molecule has 1 aliphatic heterocycles. The molecule has 0 saturated carbocycles. The van der Waals surface area contributed by atoms with Gasteiger partial charge < -0.3 is 4.74 Å². The lowest BCUT2D eigenvalue weighted by Crippen LogP contribution is -2.16. The van der Waals surface area contributed by atoms with Crippen molar-refractivity contribution < 1.29 is 4.74 Å². The molecule has 0 aromatic heterocycles. The summed E-state index contributed by atoms with van der Waals surface area (Å²) in [5, 5.41) is 0. The van der Waals surface area contributed by atoms with Crippen molar-refractivity contribution in [1.29, 1.82) is 0 Å². The lowest BCUT2D eigenvalue weighted by atomic mass is 9.81. The van der Waals surface area contributed by atoms with Crippen molar-refractivity contribution in [3.8, 4) is 0 Å². The van der Waals surface area contributed by atoms with Gasteiger partial charge in [0.2, 0.25) is 0 Å². The zero-order valence-electron chi connectivity index (χ0n) is 10.9. The summed E-state index contributed by atoms with van der Waals surface area (Å²) in [6.07, 6.45) is 10.3. The number of benzene rings is 1. The number of fused-ring (bicyclic) bond motifs is 4.